The second kappa shape index (κ2) is 7.51. The van der Waals surface area contributed by atoms with Crippen LogP contribution in [-0.4, -0.2) is 42.1 Å². The lowest BCUT2D eigenvalue weighted by Gasteiger charge is -2.38. The molecule has 1 aromatic carbocycles. The van der Waals surface area contributed by atoms with E-state index in [4.69, 9.17) is 4.52 Å². The van der Waals surface area contributed by atoms with Crippen molar-refractivity contribution in [2.24, 2.45) is 5.92 Å². The third-order valence-electron chi connectivity index (χ3n) is 4.89. The predicted molar refractivity (Wildman–Crippen MR) is 91.3 cm³/mol. The fraction of sp³-hybridized carbons (Fsp3) is 0.421. The minimum atomic E-state index is -0.638. The van der Waals surface area contributed by atoms with Crippen LogP contribution in [0.25, 0.3) is 0 Å². The topological polar surface area (TPSA) is 72.6 Å². The van der Waals surface area contributed by atoms with Crippen LogP contribution in [0, 0.1) is 5.92 Å². The standard InChI is InChI=1S/C19H22N2O4/c1-3-13-12-21(10-9-15(13)14-7-5-4-6-8-14)18(22)16-11-17(25-20-16)19(23)24-2/h4-8,11,13,15H,3,9-10,12H2,1-2H3/t13-,15+/m0/s1. The van der Waals surface area contributed by atoms with Crippen LogP contribution < -0.4 is 0 Å². The summed E-state index contributed by atoms with van der Waals surface area (Å²) in [6, 6.07) is 11.8. The molecule has 1 amide bonds. The van der Waals surface area contributed by atoms with Crippen molar-refractivity contribution in [2.75, 3.05) is 20.2 Å². The zero-order valence-corrected chi connectivity index (χ0v) is 14.5. The molecule has 1 saturated heterocycles. The summed E-state index contributed by atoms with van der Waals surface area (Å²) in [5, 5.41) is 3.72. The van der Waals surface area contributed by atoms with Crippen LogP contribution in [-0.2, 0) is 4.74 Å². The first kappa shape index (κ1) is 17.2. The quantitative estimate of drug-likeness (QED) is 0.798. The number of amides is 1. The van der Waals surface area contributed by atoms with E-state index in [-0.39, 0.29) is 17.4 Å². The van der Waals surface area contributed by atoms with Crippen LogP contribution >= 0.6 is 0 Å². The Morgan fingerprint density at radius 3 is 2.76 bits per heavy atom. The monoisotopic (exact) mass is 342 g/mol. The Morgan fingerprint density at radius 2 is 2.08 bits per heavy atom. The molecule has 2 heterocycles. The second-order valence-corrected chi connectivity index (χ2v) is 6.29. The zero-order chi connectivity index (χ0) is 17.8. The molecule has 1 aliphatic heterocycles. The number of ether oxygens (including phenoxy) is 1. The normalized spacial score (nSPS) is 20.3. The van der Waals surface area contributed by atoms with Crippen LogP contribution in [0.2, 0.25) is 0 Å². The Balaban J connectivity index is 1.71. The molecule has 1 aliphatic rings. The van der Waals surface area contributed by atoms with Gasteiger partial charge in [-0.25, -0.2) is 4.79 Å². The molecule has 0 bridgehead atoms. The van der Waals surface area contributed by atoms with Crippen LogP contribution in [0.1, 0.15) is 52.3 Å². The first-order chi connectivity index (χ1) is 12.1. The van der Waals surface area contributed by atoms with Crippen molar-refractivity contribution >= 4 is 11.9 Å². The van der Waals surface area contributed by atoms with E-state index in [2.05, 4.69) is 41.1 Å². The molecule has 0 unspecified atom stereocenters. The molecule has 0 radical (unpaired) electrons. The fourth-order valence-corrected chi connectivity index (χ4v) is 3.50. The number of benzene rings is 1. The summed E-state index contributed by atoms with van der Waals surface area (Å²) in [7, 11) is 1.26. The first-order valence-electron chi connectivity index (χ1n) is 8.53. The zero-order valence-electron chi connectivity index (χ0n) is 14.5. The van der Waals surface area contributed by atoms with Crippen molar-refractivity contribution in [3.63, 3.8) is 0 Å². The van der Waals surface area contributed by atoms with Crippen LogP contribution in [0.15, 0.2) is 40.9 Å². The number of carbonyl (C=O) groups is 2. The molecule has 3 rings (SSSR count). The van der Waals surface area contributed by atoms with E-state index in [1.807, 2.05) is 6.07 Å². The van der Waals surface area contributed by atoms with Gasteiger partial charge in [-0.3, -0.25) is 4.79 Å². The second-order valence-electron chi connectivity index (χ2n) is 6.29. The summed E-state index contributed by atoms with van der Waals surface area (Å²) in [4.78, 5) is 25.9. The van der Waals surface area contributed by atoms with Crippen LogP contribution in [0.3, 0.4) is 0 Å². The minimum Gasteiger partial charge on any atom is -0.463 e. The Hall–Kier alpha value is -2.63. The van der Waals surface area contributed by atoms with Crippen molar-refractivity contribution in [3.05, 3.63) is 53.4 Å². The Kier molecular flexibility index (Phi) is 5.16. The van der Waals surface area contributed by atoms with Crippen LogP contribution in [0.4, 0.5) is 0 Å². The number of hydrogen-bond donors (Lipinski definition) is 0. The third kappa shape index (κ3) is 3.57. The summed E-state index contributed by atoms with van der Waals surface area (Å²) in [5.41, 5.74) is 1.48. The molecule has 0 spiro atoms. The summed E-state index contributed by atoms with van der Waals surface area (Å²) in [6.07, 6.45) is 1.91. The number of carbonyl (C=O) groups excluding carboxylic acids is 2. The highest BCUT2D eigenvalue weighted by Gasteiger charge is 2.33. The maximum absolute atomic E-state index is 12.7. The van der Waals surface area contributed by atoms with E-state index in [0.29, 0.717) is 24.9 Å². The number of likely N-dealkylation sites (tertiary alicyclic amines) is 1. The molecule has 132 valence electrons. The number of rotatable bonds is 4. The predicted octanol–water partition coefficient (Wildman–Crippen LogP) is 3.12. The van der Waals surface area contributed by atoms with Gasteiger partial charge >= 0.3 is 5.97 Å². The average Bonchev–Trinajstić information content (AvgIpc) is 3.17. The molecular weight excluding hydrogens is 320 g/mol. The van der Waals surface area contributed by atoms with Crippen LogP contribution in [0.5, 0.6) is 0 Å². The molecule has 0 aliphatic carbocycles. The smallest absolute Gasteiger partial charge is 0.376 e. The van der Waals surface area contributed by atoms with E-state index < -0.39 is 5.97 Å². The fourth-order valence-electron chi connectivity index (χ4n) is 3.50. The van der Waals surface area contributed by atoms with E-state index in [0.717, 1.165) is 12.8 Å². The largest absolute Gasteiger partial charge is 0.463 e. The highest BCUT2D eigenvalue weighted by Crippen LogP contribution is 2.35. The van der Waals surface area contributed by atoms with Gasteiger partial charge < -0.3 is 14.2 Å². The molecule has 6 nitrogen and oxygen atoms in total. The lowest BCUT2D eigenvalue weighted by atomic mass is 9.79. The average molecular weight is 342 g/mol. The molecule has 0 saturated carbocycles. The first-order valence-corrected chi connectivity index (χ1v) is 8.53. The van der Waals surface area contributed by atoms with Gasteiger partial charge in [0.25, 0.3) is 5.91 Å². The summed E-state index contributed by atoms with van der Waals surface area (Å²) >= 11 is 0. The van der Waals surface area contributed by atoms with Crippen molar-refractivity contribution in [3.8, 4) is 0 Å². The van der Waals surface area contributed by atoms with Gasteiger partial charge in [0.05, 0.1) is 7.11 Å². The number of esters is 1. The van der Waals surface area contributed by atoms with E-state index in [1.165, 1.54) is 18.7 Å². The summed E-state index contributed by atoms with van der Waals surface area (Å²) < 4.78 is 9.48. The number of aromatic nitrogens is 1. The van der Waals surface area contributed by atoms with Crippen molar-refractivity contribution in [2.45, 2.75) is 25.7 Å². The molecular formula is C19H22N2O4. The summed E-state index contributed by atoms with van der Waals surface area (Å²) in [5.74, 6) is -0.0491. The Bertz CT molecular complexity index is 741. The maximum atomic E-state index is 12.7. The van der Waals surface area contributed by atoms with E-state index >= 15 is 0 Å². The highest BCUT2D eigenvalue weighted by atomic mass is 16.5. The molecule has 2 aromatic rings. The number of methoxy groups -OCH3 is 1. The van der Waals surface area contributed by atoms with Gasteiger partial charge in [-0.1, -0.05) is 48.8 Å². The van der Waals surface area contributed by atoms with Gasteiger partial charge in [0.2, 0.25) is 5.76 Å². The number of hydrogen-bond acceptors (Lipinski definition) is 5. The van der Waals surface area contributed by atoms with E-state index in [9.17, 15) is 9.59 Å². The van der Waals surface area contributed by atoms with Crippen molar-refractivity contribution in [1.82, 2.24) is 10.1 Å². The van der Waals surface area contributed by atoms with Gasteiger partial charge in [-0.15, -0.1) is 0 Å². The Morgan fingerprint density at radius 1 is 1.32 bits per heavy atom. The SMILES string of the molecule is CC[C@H]1CN(C(=O)c2cc(C(=O)OC)on2)CC[C@H]1c1ccccc1. The summed E-state index contributed by atoms with van der Waals surface area (Å²) in [6.45, 7) is 3.49. The van der Waals surface area contributed by atoms with Gasteiger partial charge in [-0.05, 0) is 23.8 Å². The minimum absolute atomic E-state index is 0.0583. The molecule has 25 heavy (non-hydrogen) atoms. The number of piperidine rings is 1. The van der Waals surface area contributed by atoms with Gasteiger partial charge in [0.15, 0.2) is 5.69 Å². The highest BCUT2D eigenvalue weighted by molar-refractivity contribution is 5.95. The van der Waals surface area contributed by atoms with Gasteiger partial charge in [0, 0.05) is 19.2 Å². The van der Waals surface area contributed by atoms with Crippen molar-refractivity contribution in [1.29, 1.82) is 0 Å². The third-order valence-corrected chi connectivity index (χ3v) is 4.89. The molecule has 2 atom stereocenters. The molecule has 0 N–H and O–H groups in total. The van der Waals surface area contributed by atoms with E-state index in [1.54, 1.807) is 4.90 Å². The number of nitrogens with zero attached hydrogens (tertiary/aromatic N) is 2. The molecule has 1 aromatic heterocycles. The Labute approximate surface area is 146 Å². The lowest BCUT2D eigenvalue weighted by Crippen LogP contribution is -2.43. The van der Waals surface area contributed by atoms with Gasteiger partial charge in [-0.2, -0.15) is 0 Å². The maximum Gasteiger partial charge on any atom is 0.376 e. The van der Waals surface area contributed by atoms with Gasteiger partial charge in [0.1, 0.15) is 0 Å². The molecule has 6 heteroatoms. The van der Waals surface area contributed by atoms with Crippen molar-refractivity contribution < 1.29 is 18.8 Å². The lowest BCUT2D eigenvalue weighted by molar-refractivity contribution is 0.0551. The molecule has 1 fully saturated rings.